The summed E-state index contributed by atoms with van der Waals surface area (Å²) in [5.74, 6) is 1.24. The van der Waals surface area contributed by atoms with Crippen LogP contribution in [0, 0.1) is 5.92 Å². The topological polar surface area (TPSA) is 82.6 Å². The Morgan fingerprint density at radius 2 is 1.73 bits per heavy atom. The predicted octanol–water partition coefficient (Wildman–Crippen LogP) is 2.72. The number of rotatable bonds is 11. The van der Waals surface area contributed by atoms with E-state index in [0.29, 0.717) is 25.0 Å². The molecule has 150 valence electrons. The van der Waals surface area contributed by atoms with Crippen molar-refractivity contribution in [3.8, 4) is 0 Å². The molecule has 0 aliphatic carbocycles. The highest BCUT2D eigenvalue weighted by molar-refractivity contribution is 14.0. The number of aliphatic imine (C=N–C) groups is 1. The highest BCUT2D eigenvalue weighted by Gasteiger charge is 2.10. The fourth-order valence-electron chi connectivity index (χ4n) is 2.27. The van der Waals surface area contributed by atoms with Crippen LogP contribution >= 0.6 is 24.0 Å². The minimum atomic E-state index is -3.33. The first kappa shape index (κ1) is 25.1. The molecule has 1 aromatic carbocycles. The van der Waals surface area contributed by atoms with E-state index in [1.807, 2.05) is 37.3 Å². The number of nitrogens with zero attached hydrogens (tertiary/aromatic N) is 1. The average Bonchev–Trinajstić information content (AvgIpc) is 2.61. The van der Waals surface area contributed by atoms with E-state index in [1.54, 1.807) is 0 Å². The molecule has 8 heteroatoms. The first-order chi connectivity index (χ1) is 12.0. The molecule has 3 N–H and O–H groups in total. The molecular formula is C18H33IN4O2S. The van der Waals surface area contributed by atoms with Crippen LogP contribution in [0.5, 0.6) is 0 Å². The maximum absolute atomic E-state index is 12.1. The van der Waals surface area contributed by atoms with Crippen molar-refractivity contribution in [2.24, 2.45) is 10.9 Å². The molecule has 6 nitrogen and oxygen atoms in total. The van der Waals surface area contributed by atoms with E-state index in [0.717, 1.165) is 31.5 Å². The lowest BCUT2D eigenvalue weighted by atomic mass is 10.0. The van der Waals surface area contributed by atoms with Gasteiger partial charge in [-0.2, -0.15) is 0 Å². The van der Waals surface area contributed by atoms with E-state index in [9.17, 15) is 8.42 Å². The molecule has 0 aliphatic rings. The molecule has 0 amide bonds. The molecule has 0 spiro atoms. The minimum Gasteiger partial charge on any atom is -0.357 e. The van der Waals surface area contributed by atoms with Gasteiger partial charge < -0.3 is 10.6 Å². The lowest BCUT2D eigenvalue weighted by Gasteiger charge is -2.14. The summed E-state index contributed by atoms with van der Waals surface area (Å²) >= 11 is 0. The summed E-state index contributed by atoms with van der Waals surface area (Å²) in [7, 11) is -3.33. The zero-order chi connectivity index (χ0) is 18.5. The van der Waals surface area contributed by atoms with Crippen molar-refractivity contribution < 1.29 is 8.42 Å². The Labute approximate surface area is 175 Å². The van der Waals surface area contributed by atoms with Crippen molar-refractivity contribution in [2.75, 3.05) is 25.4 Å². The van der Waals surface area contributed by atoms with E-state index >= 15 is 0 Å². The van der Waals surface area contributed by atoms with Gasteiger partial charge in [0.05, 0.1) is 5.75 Å². The zero-order valence-electron chi connectivity index (χ0n) is 16.0. The number of guanidine groups is 1. The molecule has 0 bridgehead atoms. The van der Waals surface area contributed by atoms with Gasteiger partial charge in [0.25, 0.3) is 0 Å². The molecule has 0 fully saturated rings. The first-order valence-electron chi connectivity index (χ1n) is 9.04. The molecule has 0 atom stereocenters. The maximum atomic E-state index is 12.1. The van der Waals surface area contributed by atoms with Gasteiger partial charge >= 0.3 is 0 Å². The molecule has 0 aromatic heterocycles. The van der Waals surface area contributed by atoms with Crippen LogP contribution in [0.1, 0.15) is 39.2 Å². The van der Waals surface area contributed by atoms with E-state index in [-0.39, 0.29) is 29.7 Å². The van der Waals surface area contributed by atoms with E-state index in [2.05, 4.69) is 34.2 Å². The second-order valence-corrected chi connectivity index (χ2v) is 7.88. The third-order valence-electron chi connectivity index (χ3n) is 4.01. The summed E-state index contributed by atoms with van der Waals surface area (Å²) < 4.78 is 26.8. The van der Waals surface area contributed by atoms with Gasteiger partial charge in [0.2, 0.25) is 10.0 Å². The lowest BCUT2D eigenvalue weighted by molar-refractivity contribution is 0.504. The molecule has 0 radical (unpaired) electrons. The van der Waals surface area contributed by atoms with Crippen LogP contribution in [0.3, 0.4) is 0 Å². The molecule has 0 saturated carbocycles. The van der Waals surface area contributed by atoms with Crippen molar-refractivity contribution in [3.05, 3.63) is 35.9 Å². The number of sulfonamides is 1. The van der Waals surface area contributed by atoms with Crippen molar-refractivity contribution in [1.29, 1.82) is 0 Å². The summed E-state index contributed by atoms with van der Waals surface area (Å²) in [4.78, 5) is 4.55. The van der Waals surface area contributed by atoms with Crippen molar-refractivity contribution in [2.45, 2.75) is 40.2 Å². The Balaban J connectivity index is 0.00000625. The summed E-state index contributed by atoms with van der Waals surface area (Å²) in [5.41, 5.74) is 0.944. The van der Waals surface area contributed by atoms with Gasteiger partial charge in [-0.15, -0.1) is 24.0 Å². The molecule has 0 heterocycles. The molecule has 0 saturated heterocycles. The van der Waals surface area contributed by atoms with Gasteiger partial charge in [-0.1, -0.05) is 57.0 Å². The van der Waals surface area contributed by atoms with Gasteiger partial charge in [-0.3, -0.25) is 4.99 Å². The second kappa shape index (κ2) is 14.2. The Morgan fingerprint density at radius 3 is 2.31 bits per heavy atom. The monoisotopic (exact) mass is 496 g/mol. The Morgan fingerprint density at radius 1 is 1.08 bits per heavy atom. The number of nitrogens with one attached hydrogen (secondary N) is 3. The zero-order valence-corrected chi connectivity index (χ0v) is 19.1. The van der Waals surface area contributed by atoms with E-state index in [4.69, 9.17) is 0 Å². The second-order valence-electron chi connectivity index (χ2n) is 5.95. The van der Waals surface area contributed by atoms with Gasteiger partial charge in [0.15, 0.2) is 5.96 Å². The normalized spacial score (nSPS) is 11.9. The molecule has 1 rings (SSSR count). The van der Waals surface area contributed by atoms with Gasteiger partial charge in [0, 0.05) is 26.2 Å². The smallest absolute Gasteiger partial charge is 0.213 e. The lowest BCUT2D eigenvalue weighted by Crippen LogP contribution is -2.41. The number of benzene rings is 1. The van der Waals surface area contributed by atoms with Crippen molar-refractivity contribution in [3.63, 3.8) is 0 Å². The van der Waals surface area contributed by atoms with Crippen LogP contribution in [-0.4, -0.2) is 39.8 Å². The fourth-order valence-corrected chi connectivity index (χ4v) is 3.18. The van der Waals surface area contributed by atoms with E-state index in [1.165, 1.54) is 0 Å². The maximum Gasteiger partial charge on any atom is 0.213 e. The van der Waals surface area contributed by atoms with Crippen LogP contribution in [0.2, 0.25) is 0 Å². The van der Waals surface area contributed by atoms with Crippen LogP contribution in [0.15, 0.2) is 35.3 Å². The standard InChI is InChI=1S/C18H32N4O2S.HI/c1-4-16(5-2)14-21-18(19-6-3)20-12-13-25(23,24)22-15-17-10-8-7-9-11-17;/h7-11,16,22H,4-6,12-15H2,1-3H3,(H2,19,20,21);1H. The quantitative estimate of drug-likeness (QED) is 0.250. The van der Waals surface area contributed by atoms with Crippen molar-refractivity contribution in [1.82, 2.24) is 15.4 Å². The fraction of sp³-hybridized carbons (Fsp3) is 0.611. The van der Waals surface area contributed by atoms with Gasteiger partial charge in [-0.05, 0) is 18.4 Å². The highest BCUT2D eigenvalue weighted by atomic mass is 127. The number of hydrogen-bond donors (Lipinski definition) is 3. The third-order valence-corrected chi connectivity index (χ3v) is 5.33. The number of halogens is 1. The molecule has 0 unspecified atom stereocenters. The van der Waals surface area contributed by atoms with Gasteiger partial charge in [0.1, 0.15) is 0 Å². The Hall–Kier alpha value is -0.870. The largest absolute Gasteiger partial charge is 0.357 e. The van der Waals surface area contributed by atoms with Crippen LogP contribution in [0.4, 0.5) is 0 Å². The molecule has 26 heavy (non-hydrogen) atoms. The summed E-state index contributed by atoms with van der Waals surface area (Å²) in [6.07, 6.45) is 2.19. The number of hydrogen-bond acceptors (Lipinski definition) is 3. The summed E-state index contributed by atoms with van der Waals surface area (Å²) in [6, 6.07) is 9.49. The summed E-state index contributed by atoms with van der Waals surface area (Å²) in [6.45, 7) is 8.44. The Kier molecular flexibility index (Phi) is 13.7. The van der Waals surface area contributed by atoms with E-state index < -0.39 is 10.0 Å². The highest BCUT2D eigenvalue weighted by Crippen LogP contribution is 2.07. The predicted molar refractivity (Wildman–Crippen MR) is 121 cm³/mol. The molecular weight excluding hydrogens is 463 g/mol. The van der Waals surface area contributed by atoms with Crippen LogP contribution < -0.4 is 15.4 Å². The minimum absolute atomic E-state index is 0. The average molecular weight is 496 g/mol. The first-order valence-corrected chi connectivity index (χ1v) is 10.7. The molecule has 0 aliphatic heterocycles. The van der Waals surface area contributed by atoms with Crippen LogP contribution in [0.25, 0.3) is 0 Å². The van der Waals surface area contributed by atoms with Crippen LogP contribution in [-0.2, 0) is 16.6 Å². The summed E-state index contributed by atoms with van der Waals surface area (Å²) in [5, 5.41) is 6.25. The molecule has 1 aromatic rings. The van der Waals surface area contributed by atoms with Gasteiger partial charge in [-0.25, -0.2) is 13.1 Å². The van der Waals surface area contributed by atoms with Crippen molar-refractivity contribution >= 4 is 40.0 Å². The SMILES string of the molecule is CCNC(=NCC(CC)CC)NCCS(=O)(=O)NCc1ccccc1.I. The third kappa shape index (κ3) is 11.0. The Bertz CT molecular complexity index is 605.